The number of piperidine rings is 1. The lowest BCUT2D eigenvalue weighted by molar-refractivity contribution is 0.0438. The van der Waals surface area contributed by atoms with E-state index in [4.69, 9.17) is 4.74 Å². The number of hydrogen-bond donors (Lipinski definition) is 0. The summed E-state index contributed by atoms with van der Waals surface area (Å²) in [5, 5.41) is 4.69. The van der Waals surface area contributed by atoms with E-state index in [0.29, 0.717) is 6.10 Å². The Morgan fingerprint density at radius 2 is 2.14 bits per heavy atom. The average Bonchev–Trinajstić information content (AvgIpc) is 2.80. The Labute approximate surface area is 132 Å². The Balaban J connectivity index is 1.93. The van der Waals surface area contributed by atoms with Gasteiger partial charge in [0.25, 0.3) is 0 Å². The largest absolute Gasteiger partial charge is 0.376 e. The maximum Gasteiger partial charge on any atom is 0.160 e. The van der Waals surface area contributed by atoms with E-state index in [1.807, 2.05) is 11.4 Å². The molecule has 3 heterocycles. The molecule has 1 fully saturated rings. The molecule has 0 radical (unpaired) electrons. The van der Waals surface area contributed by atoms with Crippen molar-refractivity contribution in [2.75, 3.05) is 24.6 Å². The highest BCUT2D eigenvalue weighted by Crippen LogP contribution is 2.25. The van der Waals surface area contributed by atoms with Crippen LogP contribution in [0.4, 0.5) is 5.82 Å². The first kappa shape index (κ1) is 15.3. The molecule has 0 unspecified atom stereocenters. The summed E-state index contributed by atoms with van der Waals surface area (Å²) >= 11 is 0. The van der Waals surface area contributed by atoms with Crippen molar-refractivity contribution < 1.29 is 4.74 Å². The highest BCUT2D eigenvalue weighted by atomic mass is 16.5. The number of fused-ring (bicyclic) bond motifs is 1. The van der Waals surface area contributed by atoms with Crippen molar-refractivity contribution in [1.29, 1.82) is 0 Å². The lowest BCUT2D eigenvalue weighted by atomic mass is 10.1. The summed E-state index contributed by atoms with van der Waals surface area (Å²) in [6, 6.07) is 2.14. The van der Waals surface area contributed by atoms with Crippen molar-refractivity contribution in [3.05, 3.63) is 23.0 Å². The molecule has 5 heteroatoms. The van der Waals surface area contributed by atoms with Gasteiger partial charge in [0, 0.05) is 37.0 Å². The zero-order valence-corrected chi connectivity index (χ0v) is 14.1. The number of anilines is 1. The van der Waals surface area contributed by atoms with E-state index in [0.717, 1.165) is 61.8 Å². The van der Waals surface area contributed by atoms with Gasteiger partial charge in [0.1, 0.15) is 5.82 Å². The standard InChI is InChI=1S/C17H26N4O/c1-5-9-22-15-7-6-8-20(11-15)16-10-12(2)18-17-13(3)14(4)19-21(16)17/h10,15H,5-9,11H2,1-4H3/t15-/m0/s1. The molecule has 0 bridgehead atoms. The molecule has 0 aliphatic carbocycles. The molecule has 0 spiro atoms. The maximum atomic E-state index is 5.97. The molecule has 0 N–H and O–H groups in total. The second-order valence-corrected chi connectivity index (χ2v) is 6.28. The van der Waals surface area contributed by atoms with E-state index in [1.165, 1.54) is 5.56 Å². The third-order valence-corrected chi connectivity index (χ3v) is 4.43. The monoisotopic (exact) mass is 302 g/mol. The average molecular weight is 302 g/mol. The summed E-state index contributed by atoms with van der Waals surface area (Å²) in [6.45, 7) is 11.2. The SMILES string of the molecule is CCCO[C@H]1CCCN(c2cc(C)nc3c(C)c(C)nn23)C1. The molecular formula is C17H26N4O. The summed E-state index contributed by atoms with van der Waals surface area (Å²) in [4.78, 5) is 7.06. The van der Waals surface area contributed by atoms with E-state index in [2.05, 4.69) is 41.8 Å². The van der Waals surface area contributed by atoms with Crippen LogP contribution >= 0.6 is 0 Å². The minimum absolute atomic E-state index is 0.329. The zero-order valence-electron chi connectivity index (χ0n) is 14.1. The molecule has 2 aromatic rings. The fraction of sp³-hybridized carbons (Fsp3) is 0.647. The van der Waals surface area contributed by atoms with Gasteiger partial charge in [-0.25, -0.2) is 4.98 Å². The smallest absolute Gasteiger partial charge is 0.160 e. The highest BCUT2D eigenvalue weighted by Gasteiger charge is 2.23. The van der Waals surface area contributed by atoms with Crippen LogP contribution in [-0.2, 0) is 4.74 Å². The summed E-state index contributed by atoms with van der Waals surface area (Å²) in [7, 11) is 0. The van der Waals surface area contributed by atoms with Gasteiger partial charge >= 0.3 is 0 Å². The van der Waals surface area contributed by atoms with Gasteiger partial charge in [-0.1, -0.05) is 6.92 Å². The van der Waals surface area contributed by atoms with Crippen LogP contribution in [-0.4, -0.2) is 40.4 Å². The Hall–Kier alpha value is -1.62. The van der Waals surface area contributed by atoms with Crippen molar-refractivity contribution in [3.63, 3.8) is 0 Å². The third kappa shape index (κ3) is 2.82. The number of ether oxygens (including phenoxy) is 1. The normalized spacial score (nSPS) is 19.1. The molecule has 1 saturated heterocycles. The van der Waals surface area contributed by atoms with Gasteiger partial charge in [0.15, 0.2) is 5.65 Å². The van der Waals surface area contributed by atoms with Crippen LogP contribution in [0.5, 0.6) is 0 Å². The minimum Gasteiger partial charge on any atom is -0.376 e. The fourth-order valence-corrected chi connectivity index (χ4v) is 3.12. The summed E-state index contributed by atoms with van der Waals surface area (Å²) in [5.74, 6) is 1.14. The number of hydrogen-bond acceptors (Lipinski definition) is 4. The molecule has 120 valence electrons. The molecule has 0 amide bonds. The summed E-state index contributed by atoms with van der Waals surface area (Å²) < 4.78 is 7.97. The number of nitrogens with zero attached hydrogens (tertiary/aromatic N) is 4. The number of rotatable bonds is 4. The first-order valence-corrected chi connectivity index (χ1v) is 8.30. The van der Waals surface area contributed by atoms with E-state index in [1.54, 1.807) is 0 Å². The Morgan fingerprint density at radius 3 is 2.91 bits per heavy atom. The van der Waals surface area contributed by atoms with Crippen LogP contribution in [0.3, 0.4) is 0 Å². The first-order chi connectivity index (χ1) is 10.6. The highest BCUT2D eigenvalue weighted by molar-refractivity contribution is 5.57. The molecule has 5 nitrogen and oxygen atoms in total. The van der Waals surface area contributed by atoms with Crippen LogP contribution < -0.4 is 4.90 Å². The van der Waals surface area contributed by atoms with Crippen LogP contribution in [0.2, 0.25) is 0 Å². The molecule has 22 heavy (non-hydrogen) atoms. The van der Waals surface area contributed by atoms with Crippen LogP contribution in [0.15, 0.2) is 6.07 Å². The summed E-state index contributed by atoms with van der Waals surface area (Å²) in [6.07, 6.45) is 3.72. The van der Waals surface area contributed by atoms with Gasteiger partial charge in [-0.05, 0) is 40.0 Å². The minimum atomic E-state index is 0.329. The van der Waals surface area contributed by atoms with Crippen LogP contribution in [0.25, 0.3) is 5.65 Å². The van der Waals surface area contributed by atoms with Crippen molar-refractivity contribution in [2.45, 2.75) is 53.1 Å². The van der Waals surface area contributed by atoms with E-state index < -0.39 is 0 Å². The van der Waals surface area contributed by atoms with Crippen molar-refractivity contribution in [1.82, 2.24) is 14.6 Å². The Morgan fingerprint density at radius 1 is 1.32 bits per heavy atom. The predicted octanol–water partition coefficient (Wildman–Crippen LogP) is 3.05. The molecular weight excluding hydrogens is 276 g/mol. The van der Waals surface area contributed by atoms with Crippen molar-refractivity contribution in [3.8, 4) is 0 Å². The van der Waals surface area contributed by atoms with Gasteiger partial charge in [-0.15, -0.1) is 0 Å². The van der Waals surface area contributed by atoms with Gasteiger partial charge in [-0.3, -0.25) is 0 Å². The molecule has 0 aromatic carbocycles. The van der Waals surface area contributed by atoms with Crippen LogP contribution in [0.1, 0.15) is 43.1 Å². The van der Waals surface area contributed by atoms with Crippen LogP contribution in [0, 0.1) is 20.8 Å². The van der Waals surface area contributed by atoms with Gasteiger partial charge in [-0.2, -0.15) is 9.61 Å². The molecule has 1 aliphatic rings. The quantitative estimate of drug-likeness (QED) is 0.870. The second kappa shape index (κ2) is 6.24. The number of aromatic nitrogens is 3. The predicted molar refractivity (Wildman–Crippen MR) is 88.7 cm³/mol. The summed E-state index contributed by atoms with van der Waals surface area (Å²) in [5.41, 5.74) is 4.24. The second-order valence-electron chi connectivity index (χ2n) is 6.28. The molecule has 1 atom stereocenters. The zero-order chi connectivity index (χ0) is 15.7. The number of aryl methyl sites for hydroxylation is 3. The van der Waals surface area contributed by atoms with E-state index in [-0.39, 0.29) is 0 Å². The third-order valence-electron chi connectivity index (χ3n) is 4.43. The Bertz CT molecular complexity index is 664. The molecule has 2 aromatic heterocycles. The molecule has 3 rings (SSSR count). The fourth-order valence-electron chi connectivity index (χ4n) is 3.12. The topological polar surface area (TPSA) is 42.7 Å². The van der Waals surface area contributed by atoms with Gasteiger partial charge < -0.3 is 9.64 Å². The first-order valence-electron chi connectivity index (χ1n) is 8.30. The Kier molecular flexibility index (Phi) is 4.34. The van der Waals surface area contributed by atoms with Crippen molar-refractivity contribution in [2.24, 2.45) is 0 Å². The van der Waals surface area contributed by atoms with E-state index >= 15 is 0 Å². The van der Waals surface area contributed by atoms with E-state index in [9.17, 15) is 0 Å². The van der Waals surface area contributed by atoms with Crippen molar-refractivity contribution >= 4 is 11.5 Å². The molecule has 0 saturated carbocycles. The lowest BCUT2D eigenvalue weighted by Gasteiger charge is -2.34. The van der Waals surface area contributed by atoms with Gasteiger partial charge in [0.05, 0.1) is 11.8 Å². The molecule has 1 aliphatic heterocycles. The lowest BCUT2D eigenvalue weighted by Crippen LogP contribution is -2.40. The van der Waals surface area contributed by atoms with Gasteiger partial charge in [0.2, 0.25) is 0 Å². The maximum absolute atomic E-state index is 5.97.